The van der Waals surface area contributed by atoms with Crippen LogP contribution in [0.5, 0.6) is 0 Å². The fourth-order valence-electron chi connectivity index (χ4n) is 2.57. The third kappa shape index (κ3) is 1.26. The van der Waals surface area contributed by atoms with Gasteiger partial charge >= 0.3 is 0 Å². The fourth-order valence-corrected chi connectivity index (χ4v) is 2.57. The van der Waals surface area contributed by atoms with E-state index in [0.717, 1.165) is 11.1 Å². The van der Waals surface area contributed by atoms with E-state index in [4.69, 9.17) is 0 Å². The van der Waals surface area contributed by atoms with Crippen molar-refractivity contribution < 1.29 is 9.90 Å². The standard InChI is InChI=1S/C14H18O2/c1-4-12(15)13(2,3)14(16)9-10-7-5-6-8-11(10)14/h5-8,16H,4,9H2,1-3H3. The maximum absolute atomic E-state index is 11.9. The maximum atomic E-state index is 11.9. The lowest BCUT2D eigenvalue weighted by molar-refractivity contribution is -0.150. The number of Topliss-reactive ketones (excluding diaryl/α,β-unsaturated/α-hetero) is 1. The minimum Gasteiger partial charge on any atom is -0.384 e. The van der Waals surface area contributed by atoms with Gasteiger partial charge in [0.15, 0.2) is 0 Å². The van der Waals surface area contributed by atoms with Crippen molar-refractivity contribution in [3.63, 3.8) is 0 Å². The summed E-state index contributed by atoms with van der Waals surface area (Å²) in [6, 6.07) is 7.81. The number of aliphatic hydroxyl groups is 1. The van der Waals surface area contributed by atoms with E-state index in [0.29, 0.717) is 12.8 Å². The Hall–Kier alpha value is -1.15. The van der Waals surface area contributed by atoms with E-state index >= 15 is 0 Å². The second kappa shape index (κ2) is 3.42. The fraction of sp³-hybridized carbons (Fsp3) is 0.500. The molecular weight excluding hydrogens is 200 g/mol. The Balaban J connectivity index is 2.41. The van der Waals surface area contributed by atoms with Crippen LogP contribution in [0.1, 0.15) is 38.3 Å². The Kier molecular flexibility index (Phi) is 2.43. The number of hydrogen-bond acceptors (Lipinski definition) is 2. The summed E-state index contributed by atoms with van der Waals surface area (Å²) in [6.45, 7) is 5.53. The van der Waals surface area contributed by atoms with Crippen LogP contribution >= 0.6 is 0 Å². The Morgan fingerprint density at radius 3 is 2.62 bits per heavy atom. The van der Waals surface area contributed by atoms with Gasteiger partial charge in [0.25, 0.3) is 0 Å². The van der Waals surface area contributed by atoms with Crippen LogP contribution in [0.4, 0.5) is 0 Å². The Morgan fingerprint density at radius 2 is 2.06 bits per heavy atom. The van der Waals surface area contributed by atoms with Crippen LogP contribution in [-0.4, -0.2) is 10.9 Å². The summed E-state index contributed by atoms with van der Waals surface area (Å²) in [7, 11) is 0. The monoisotopic (exact) mass is 218 g/mol. The zero-order valence-corrected chi connectivity index (χ0v) is 10.1. The van der Waals surface area contributed by atoms with Crippen molar-refractivity contribution in [3.05, 3.63) is 35.4 Å². The molecule has 0 spiro atoms. The summed E-state index contributed by atoms with van der Waals surface area (Å²) < 4.78 is 0. The molecule has 1 aliphatic carbocycles. The van der Waals surface area contributed by atoms with E-state index in [1.165, 1.54) is 0 Å². The number of fused-ring (bicyclic) bond motifs is 1. The summed E-state index contributed by atoms with van der Waals surface area (Å²) in [5.74, 6) is 0.115. The van der Waals surface area contributed by atoms with E-state index in [2.05, 4.69) is 0 Å². The van der Waals surface area contributed by atoms with Crippen LogP contribution in [0.2, 0.25) is 0 Å². The lowest BCUT2D eigenvalue weighted by Gasteiger charge is -2.49. The quantitative estimate of drug-likeness (QED) is 0.846. The highest BCUT2D eigenvalue weighted by Crippen LogP contribution is 2.51. The predicted molar refractivity (Wildman–Crippen MR) is 63.1 cm³/mol. The Morgan fingerprint density at radius 1 is 1.44 bits per heavy atom. The molecule has 0 aliphatic heterocycles. The van der Waals surface area contributed by atoms with Crippen molar-refractivity contribution in [1.29, 1.82) is 0 Å². The molecular formula is C14H18O2. The molecule has 1 aliphatic rings. The van der Waals surface area contributed by atoms with E-state index in [1.807, 2.05) is 45.0 Å². The van der Waals surface area contributed by atoms with Gasteiger partial charge in [-0.1, -0.05) is 31.2 Å². The van der Waals surface area contributed by atoms with Crippen LogP contribution in [0.3, 0.4) is 0 Å². The maximum Gasteiger partial charge on any atom is 0.141 e. The van der Waals surface area contributed by atoms with Crippen molar-refractivity contribution in [2.24, 2.45) is 5.41 Å². The first-order valence-electron chi connectivity index (χ1n) is 5.77. The molecule has 0 aromatic heterocycles. The Bertz CT molecular complexity index is 434. The molecule has 1 aromatic carbocycles. The summed E-state index contributed by atoms with van der Waals surface area (Å²) in [5.41, 5.74) is 0.399. The zero-order chi connectivity index (χ0) is 12.0. The lowest BCUT2D eigenvalue weighted by Crippen LogP contribution is -2.54. The van der Waals surface area contributed by atoms with Crippen LogP contribution in [0, 0.1) is 5.41 Å². The van der Waals surface area contributed by atoms with Gasteiger partial charge in [0.1, 0.15) is 11.4 Å². The number of benzene rings is 1. The van der Waals surface area contributed by atoms with Crippen LogP contribution in [0.15, 0.2) is 24.3 Å². The molecule has 1 atom stereocenters. The molecule has 2 nitrogen and oxygen atoms in total. The average molecular weight is 218 g/mol. The molecule has 0 heterocycles. The van der Waals surface area contributed by atoms with Gasteiger partial charge < -0.3 is 5.11 Å². The number of rotatable bonds is 3. The van der Waals surface area contributed by atoms with E-state index in [-0.39, 0.29) is 5.78 Å². The SMILES string of the molecule is CCC(=O)C(C)(C)C1(O)Cc2ccccc21. The van der Waals surface area contributed by atoms with Gasteiger partial charge in [-0.05, 0) is 25.0 Å². The third-order valence-electron chi connectivity index (χ3n) is 3.96. The van der Waals surface area contributed by atoms with Crippen molar-refractivity contribution >= 4 is 5.78 Å². The van der Waals surface area contributed by atoms with Crippen molar-refractivity contribution in [3.8, 4) is 0 Å². The molecule has 0 saturated heterocycles. The largest absolute Gasteiger partial charge is 0.384 e. The number of carbonyl (C=O) groups is 1. The first-order chi connectivity index (χ1) is 7.43. The molecule has 16 heavy (non-hydrogen) atoms. The lowest BCUT2D eigenvalue weighted by atomic mass is 9.58. The van der Waals surface area contributed by atoms with Gasteiger partial charge in [-0.25, -0.2) is 0 Å². The highest BCUT2D eigenvalue weighted by atomic mass is 16.3. The molecule has 2 heteroatoms. The van der Waals surface area contributed by atoms with Crippen molar-refractivity contribution in [2.75, 3.05) is 0 Å². The summed E-state index contributed by atoms with van der Waals surface area (Å²) in [4.78, 5) is 11.9. The van der Waals surface area contributed by atoms with Gasteiger partial charge in [-0.3, -0.25) is 4.79 Å². The van der Waals surface area contributed by atoms with Gasteiger partial charge in [-0.2, -0.15) is 0 Å². The minimum atomic E-state index is -0.976. The number of carbonyl (C=O) groups excluding carboxylic acids is 1. The zero-order valence-electron chi connectivity index (χ0n) is 10.1. The molecule has 0 amide bonds. The normalized spacial score (nSPS) is 23.5. The van der Waals surface area contributed by atoms with Gasteiger partial charge in [0, 0.05) is 12.8 Å². The average Bonchev–Trinajstić information content (AvgIpc) is 2.26. The molecule has 0 radical (unpaired) electrons. The molecule has 86 valence electrons. The van der Waals surface area contributed by atoms with Crippen molar-refractivity contribution in [2.45, 2.75) is 39.2 Å². The molecule has 1 unspecified atom stereocenters. The topological polar surface area (TPSA) is 37.3 Å². The molecule has 1 aromatic rings. The second-order valence-electron chi connectivity index (χ2n) is 5.10. The number of hydrogen-bond donors (Lipinski definition) is 1. The second-order valence-corrected chi connectivity index (χ2v) is 5.10. The van der Waals surface area contributed by atoms with Crippen LogP contribution < -0.4 is 0 Å². The summed E-state index contributed by atoms with van der Waals surface area (Å²) >= 11 is 0. The predicted octanol–water partition coefficient (Wildman–Crippen LogP) is 2.44. The molecule has 2 rings (SSSR count). The van der Waals surface area contributed by atoms with Gasteiger partial charge in [0.2, 0.25) is 0 Å². The highest BCUT2D eigenvalue weighted by Gasteiger charge is 2.54. The summed E-state index contributed by atoms with van der Waals surface area (Å²) in [5, 5.41) is 10.7. The van der Waals surface area contributed by atoms with E-state index in [9.17, 15) is 9.90 Å². The third-order valence-corrected chi connectivity index (χ3v) is 3.96. The highest BCUT2D eigenvalue weighted by molar-refractivity contribution is 5.86. The van der Waals surface area contributed by atoms with E-state index in [1.54, 1.807) is 0 Å². The van der Waals surface area contributed by atoms with Crippen LogP contribution in [0.25, 0.3) is 0 Å². The molecule has 0 bridgehead atoms. The first-order valence-corrected chi connectivity index (χ1v) is 5.77. The molecule has 1 N–H and O–H groups in total. The first kappa shape index (κ1) is 11.3. The summed E-state index contributed by atoms with van der Waals surface area (Å²) in [6.07, 6.45) is 1.05. The molecule has 0 fully saturated rings. The van der Waals surface area contributed by atoms with E-state index < -0.39 is 11.0 Å². The number of ketones is 1. The minimum absolute atomic E-state index is 0.115. The molecule has 0 saturated carbocycles. The van der Waals surface area contributed by atoms with Crippen LogP contribution in [-0.2, 0) is 16.8 Å². The smallest absolute Gasteiger partial charge is 0.141 e. The Labute approximate surface area is 96.3 Å². The van der Waals surface area contributed by atoms with Crippen molar-refractivity contribution in [1.82, 2.24) is 0 Å². The van der Waals surface area contributed by atoms with Gasteiger partial charge in [0.05, 0.1) is 5.41 Å². The van der Waals surface area contributed by atoms with Gasteiger partial charge in [-0.15, -0.1) is 0 Å².